The zero-order valence-corrected chi connectivity index (χ0v) is 17.0. The molecule has 1 aliphatic carbocycles. The van der Waals surface area contributed by atoms with Crippen LogP contribution in [0.5, 0.6) is 5.75 Å². The number of nitrogens with one attached hydrogen (secondary N) is 2. The molecule has 150 valence electrons. The summed E-state index contributed by atoms with van der Waals surface area (Å²) < 4.78 is 29.8. The smallest absolute Gasteiger partial charge is 0.270 e. The molecule has 27 heavy (non-hydrogen) atoms. The van der Waals surface area contributed by atoms with E-state index in [0.717, 1.165) is 6.54 Å². The van der Waals surface area contributed by atoms with Crippen molar-refractivity contribution in [1.82, 2.24) is 15.6 Å². The SMILES string of the molecule is COc1ccnc(C(=O)NC2CCS(=O)(=O)C3(CC(CNC(C)C)C3)C2)c1. The first kappa shape index (κ1) is 20.1. The number of pyridine rings is 1. The topological polar surface area (TPSA) is 97.4 Å². The van der Waals surface area contributed by atoms with Crippen LogP contribution in [0.1, 0.15) is 50.0 Å². The number of hydrogen-bond donors (Lipinski definition) is 2. The second-order valence-electron chi connectivity index (χ2n) is 8.08. The van der Waals surface area contributed by atoms with Gasteiger partial charge in [0.05, 0.1) is 17.6 Å². The van der Waals surface area contributed by atoms with Crippen LogP contribution in [0.2, 0.25) is 0 Å². The molecule has 0 aromatic carbocycles. The van der Waals surface area contributed by atoms with Crippen LogP contribution in [-0.2, 0) is 9.84 Å². The summed E-state index contributed by atoms with van der Waals surface area (Å²) >= 11 is 0. The van der Waals surface area contributed by atoms with Gasteiger partial charge in [-0.1, -0.05) is 13.8 Å². The largest absolute Gasteiger partial charge is 0.497 e. The lowest BCUT2D eigenvalue weighted by atomic mass is 9.70. The molecule has 8 heteroatoms. The summed E-state index contributed by atoms with van der Waals surface area (Å²) in [6.45, 7) is 5.02. The number of carbonyl (C=O) groups is 1. The number of carbonyl (C=O) groups excluding carboxylic acids is 1. The maximum atomic E-state index is 12.7. The minimum Gasteiger partial charge on any atom is -0.497 e. The number of rotatable bonds is 6. The van der Waals surface area contributed by atoms with E-state index in [1.54, 1.807) is 12.1 Å². The van der Waals surface area contributed by atoms with Crippen LogP contribution in [0.15, 0.2) is 18.3 Å². The average molecular weight is 396 g/mol. The fraction of sp³-hybridized carbons (Fsp3) is 0.684. The van der Waals surface area contributed by atoms with E-state index in [1.807, 2.05) is 0 Å². The lowest BCUT2D eigenvalue weighted by molar-refractivity contribution is 0.0909. The summed E-state index contributed by atoms with van der Waals surface area (Å²) in [6.07, 6.45) is 3.83. The van der Waals surface area contributed by atoms with Gasteiger partial charge in [-0.2, -0.15) is 0 Å². The Morgan fingerprint density at radius 3 is 2.78 bits per heavy atom. The molecule has 1 amide bonds. The van der Waals surface area contributed by atoms with Gasteiger partial charge in [-0.25, -0.2) is 8.42 Å². The maximum absolute atomic E-state index is 12.7. The van der Waals surface area contributed by atoms with Crippen LogP contribution in [0.25, 0.3) is 0 Å². The number of nitrogens with zero attached hydrogens (tertiary/aromatic N) is 1. The van der Waals surface area contributed by atoms with Gasteiger partial charge in [-0.05, 0) is 44.2 Å². The van der Waals surface area contributed by atoms with Gasteiger partial charge in [0.2, 0.25) is 0 Å². The van der Waals surface area contributed by atoms with Crippen molar-refractivity contribution in [1.29, 1.82) is 0 Å². The van der Waals surface area contributed by atoms with Crippen molar-refractivity contribution in [2.45, 2.75) is 56.4 Å². The van der Waals surface area contributed by atoms with Crippen LogP contribution in [0.4, 0.5) is 0 Å². The lowest BCUT2D eigenvalue weighted by Crippen LogP contribution is -2.60. The minimum atomic E-state index is -3.12. The molecule has 1 saturated heterocycles. The normalized spacial score (nSPS) is 29.3. The highest BCUT2D eigenvalue weighted by atomic mass is 32.2. The number of sulfone groups is 1. The molecule has 2 fully saturated rings. The van der Waals surface area contributed by atoms with Crippen molar-refractivity contribution in [2.24, 2.45) is 5.92 Å². The molecule has 7 nitrogen and oxygen atoms in total. The zero-order chi connectivity index (χ0) is 19.7. The van der Waals surface area contributed by atoms with E-state index >= 15 is 0 Å². The van der Waals surface area contributed by atoms with Crippen LogP contribution in [0, 0.1) is 5.92 Å². The van der Waals surface area contributed by atoms with E-state index in [0.29, 0.717) is 43.4 Å². The second-order valence-corrected chi connectivity index (χ2v) is 10.6. The Morgan fingerprint density at radius 1 is 1.37 bits per heavy atom. The number of ether oxygens (including phenoxy) is 1. The van der Waals surface area contributed by atoms with E-state index in [9.17, 15) is 13.2 Å². The molecule has 2 aliphatic rings. The van der Waals surface area contributed by atoms with Gasteiger partial charge in [0.1, 0.15) is 11.4 Å². The Morgan fingerprint density at radius 2 is 2.11 bits per heavy atom. The van der Waals surface area contributed by atoms with Crippen molar-refractivity contribution >= 4 is 15.7 Å². The predicted octanol–water partition coefficient (Wildman–Crippen LogP) is 1.54. The standard InChI is InChI=1S/C19H29N3O4S/c1-13(2)21-12-14-9-19(10-14)11-15(5-7-27(19,24)25)22-18(23)17-8-16(26-3)4-6-20-17/h4,6,8,13-15,21H,5,7,9-12H2,1-3H3,(H,22,23). The Kier molecular flexibility index (Phi) is 5.76. The maximum Gasteiger partial charge on any atom is 0.270 e. The van der Waals surface area contributed by atoms with Crippen LogP contribution in [-0.4, -0.2) is 55.5 Å². The van der Waals surface area contributed by atoms with Gasteiger partial charge in [0.25, 0.3) is 5.91 Å². The second kappa shape index (κ2) is 7.75. The average Bonchev–Trinajstić information content (AvgIpc) is 2.60. The zero-order valence-electron chi connectivity index (χ0n) is 16.2. The van der Waals surface area contributed by atoms with E-state index < -0.39 is 14.6 Å². The van der Waals surface area contributed by atoms with E-state index in [2.05, 4.69) is 29.5 Å². The summed E-state index contributed by atoms with van der Waals surface area (Å²) in [4.78, 5) is 16.6. The molecule has 2 N–H and O–H groups in total. The highest BCUT2D eigenvalue weighted by Crippen LogP contribution is 2.49. The quantitative estimate of drug-likeness (QED) is 0.758. The van der Waals surface area contributed by atoms with Gasteiger partial charge >= 0.3 is 0 Å². The Balaban J connectivity index is 1.63. The predicted molar refractivity (Wildman–Crippen MR) is 104 cm³/mol. The first-order valence-corrected chi connectivity index (χ1v) is 11.2. The van der Waals surface area contributed by atoms with Gasteiger partial charge in [0, 0.05) is 24.3 Å². The van der Waals surface area contributed by atoms with Gasteiger partial charge in [-0.15, -0.1) is 0 Å². The van der Waals surface area contributed by atoms with E-state index in [1.165, 1.54) is 13.3 Å². The fourth-order valence-corrected chi connectivity index (χ4v) is 6.66. The third-order valence-corrected chi connectivity index (χ3v) is 8.28. The van der Waals surface area contributed by atoms with Crippen LogP contribution >= 0.6 is 0 Å². The van der Waals surface area contributed by atoms with Crippen LogP contribution < -0.4 is 15.4 Å². The lowest BCUT2D eigenvalue weighted by Gasteiger charge is -2.51. The van der Waals surface area contributed by atoms with Crippen molar-refractivity contribution in [3.63, 3.8) is 0 Å². The highest BCUT2D eigenvalue weighted by Gasteiger charge is 2.56. The number of hydrogen-bond acceptors (Lipinski definition) is 6. The molecule has 1 aromatic heterocycles. The summed E-state index contributed by atoms with van der Waals surface area (Å²) in [7, 11) is -1.58. The molecular weight excluding hydrogens is 366 g/mol. The summed E-state index contributed by atoms with van der Waals surface area (Å²) in [5.41, 5.74) is 0.282. The van der Waals surface area contributed by atoms with Crippen molar-refractivity contribution in [2.75, 3.05) is 19.4 Å². The van der Waals surface area contributed by atoms with Crippen molar-refractivity contribution < 1.29 is 17.9 Å². The number of methoxy groups -OCH3 is 1. The monoisotopic (exact) mass is 395 g/mol. The number of amides is 1. The molecule has 1 aliphatic heterocycles. The van der Waals surface area contributed by atoms with Crippen molar-refractivity contribution in [3.05, 3.63) is 24.0 Å². The third kappa shape index (κ3) is 4.27. The van der Waals surface area contributed by atoms with Gasteiger partial charge < -0.3 is 15.4 Å². The van der Waals surface area contributed by atoms with Gasteiger partial charge in [-0.3, -0.25) is 9.78 Å². The molecule has 2 heterocycles. The molecule has 1 saturated carbocycles. The Bertz CT molecular complexity index is 788. The summed E-state index contributed by atoms with van der Waals surface area (Å²) in [6, 6.07) is 3.51. The minimum absolute atomic E-state index is 0.133. The molecule has 0 bridgehead atoms. The molecule has 0 radical (unpaired) electrons. The summed E-state index contributed by atoms with van der Waals surface area (Å²) in [5, 5.41) is 6.36. The molecule has 1 spiro atoms. The Hall–Kier alpha value is -1.67. The molecule has 1 unspecified atom stereocenters. The third-order valence-electron chi connectivity index (χ3n) is 5.68. The molecule has 1 atom stereocenters. The molecular formula is C19H29N3O4S. The summed E-state index contributed by atoms with van der Waals surface area (Å²) in [5.74, 6) is 0.799. The first-order valence-electron chi connectivity index (χ1n) is 9.51. The fourth-order valence-electron chi connectivity index (χ4n) is 4.20. The molecule has 3 rings (SSSR count). The van der Waals surface area contributed by atoms with Crippen LogP contribution in [0.3, 0.4) is 0 Å². The van der Waals surface area contributed by atoms with E-state index in [4.69, 9.17) is 4.74 Å². The first-order chi connectivity index (χ1) is 12.7. The molecule has 1 aromatic rings. The Labute approximate surface area is 161 Å². The van der Waals surface area contributed by atoms with E-state index in [-0.39, 0.29) is 23.4 Å². The van der Waals surface area contributed by atoms with Gasteiger partial charge in [0.15, 0.2) is 9.84 Å². The number of aromatic nitrogens is 1. The highest BCUT2D eigenvalue weighted by molar-refractivity contribution is 7.92. The van der Waals surface area contributed by atoms with Crippen molar-refractivity contribution in [3.8, 4) is 5.75 Å².